The first kappa shape index (κ1) is 16.8. The maximum absolute atomic E-state index is 12.3. The zero-order valence-electron chi connectivity index (χ0n) is 14.2. The van der Waals surface area contributed by atoms with Crippen molar-refractivity contribution in [1.82, 2.24) is 15.0 Å². The minimum atomic E-state index is 0.144. The van der Waals surface area contributed by atoms with Crippen molar-refractivity contribution in [2.45, 2.75) is 17.2 Å². The second-order valence-corrected chi connectivity index (χ2v) is 7.40. The first-order valence-electron chi connectivity index (χ1n) is 8.64. The van der Waals surface area contributed by atoms with Gasteiger partial charge in [-0.25, -0.2) is 0 Å². The molecule has 3 aromatic rings. The van der Waals surface area contributed by atoms with E-state index in [1.165, 1.54) is 4.90 Å². The van der Waals surface area contributed by atoms with Crippen LogP contribution in [0.15, 0.2) is 70.1 Å². The maximum Gasteiger partial charge on any atom is 0.233 e. The van der Waals surface area contributed by atoms with Gasteiger partial charge in [0, 0.05) is 35.7 Å². The number of rotatable bonds is 6. The molecule has 0 radical (unpaired) electrons. The van der Waals surface area contributed by atoms with Crippen LogP contribution < -0.4 is 0 Å². The summed E-state index contributed by atoms with van der Waals surface area (Å²) < 4.78 is 5.39. The fourth-order valence-corrected chi connectivity index (χ4v) is 3.74. The molecule has 0 saturated carbocycles. The Morgan fingerprint density at radius 1 is 1.08 bits per heavy atom. The minimum absolute atomic E-state index is 0.144. The molecule has 1 saturated heterocycles. The number of carbonyl (C=O) groups excluding carboxylic acids is 1. The number of amides is 1. The second-order valence-electron chi connectivity index (χ2n) is 6.23. The number of aromatic nitrogens is 2. The number of hydrogen-bond donors (Lipinski definition) is 0. The number of benzene rings is 2. The third-order valence-corrected chi connectivity index (χ3v) is 5.40. The van der Waals surface area contributed by atoms with Gasteiger partial charge in [0.05, 0.1) is 5.92 Å². The standard InChI is InChI=1S/C20H19N3O2S/c24-18(11-12-26-17-9-5-2-6-10-17)23-13-16(14-23)20-21-19(22-25-20)15-7-3-1-4-8-15/h1-10,16H,11-14H2. The molecular weight excluding hydrogens is 346 g/mol. The van der Waals surface area contributed by atoms with Gasteiger partial charge in [0.2, 0.25) is 17.6 Å². The van der Waals surface area contributed by atoms with E-state index >= 15 is 0 Å². The topological polar surface area (TPSA) is 59.2 Å². The molecule has 0 atom stereocenters. The van der Waals surface area contributed by atoms with Crippen molar-refractivity contribution in [2.24, 2.45) is 0 Å². The lowest BCUT2D eigenvalue weighted by Crippen LogP contribution is -2.48. The van der Waals surface area contributed by atoms with Crippen LogP contribution in [0.4, 0.5) is 0 Å². The Morgan fingerprint density at radius 3 is 2.50 bits per heavy atom. The third kappa shape index (κ3) is 3.80. The van der Waals surface area contributed by atoms with E-state index in [1.807, 2.05) is 53.4 Å². The van der Waals surface area contributed by atoms with Gasteiger partial charge in [0.25, 0.3) is 0 Å². The molecule has 4 rings (SSSR count). The molecule has 0 unspecified atom stereocenters. The number of likely N-dealkylation sites (tertiary alicyclic amines) is 1. The highest BCUT2D eigenvalue weighted by Crippen LogP contribution is 2.28. The van der Waals surface area contributed by atoms with Crippen molar-refractivity contribution in [3.8, 4) is 11.4 Å². The highest BCUT2D eigenvalue weighted by molar-refractivity contribution is 7.99. The largest absolute Gasteiger partial charge is 0.341 e. The van der Waals surface area contributed by atoms with E-state index in [-0.39, 0.29) is 11.8 Å². The van der Waals surface area contributed by atoms with Gasteiger partial charge >= 0.3 is 0 Å². The van der Waals surface area contributed by atoms with Gasteiger partial charge in [-0.1, -0.05) is 53.7 Å². The Bertz CT molecular complexity index is 861. The van der Waals surface area contributed by atoms with Gasteiger partial charge < -0.3 is 9.42 Å². The summed E-state index contributed by atoms with van der Waals surface area (Å²) in [5, 5.41) is 4.05. The summed E-state index contributed by atoms with van der Waals surface area (Å²) >= 11 is 1.71. The van der Waals surface area contributed by atoms with Gasteiger partial charge in [-0.15, -0.1) is 11.8 Å². The average molecular weight is 365 g/mol. The lowest BCUT2D eigenvalue weighted by Gasteiger charge is -2.37. The summed E-state index contributed by atoms with van der Waals surface area (Å²) in [5.41, 5.74) is 0.938. The van der Waals surface area contributed by atoms with Crippen LogP contribution in [0.3, 0.4) is 0 Å². The van der Waals surface area contributed by atoms with Gasteiger partial charge in [-0.2, -0.15) is 4.98 Å². The number of thioether (sulfide) groups is 1. The summed E-state index contributed by atoms with van der Waals surface area (Å²) in [7, 11) is 0. The van der Waals surface area contributed by atoms with E-state index in [1.54, 1.807) is 11.8 Å². The van der Waals surface area contributed by atoms with Crippen molar-refractivity contribution in [3.63, 3.8) is 0 Å². The van der Waals surface area contributed by atoms with Crippen LogP contribution in [0, 0.1) is 0 Å². The van der Waals surface area contributed by atoms with Crippen LogP contribution in [0.1, 0.15) is 18.2 Å². The van der Waals surface area contributed by atoms with E-state index < -0.39 is 0 Å². The predicted octanol–water partition coefficient (Wildman–Crippen LogP) is 3.84. The van der Waals surface area contributed by atoms with E-state index in [0.29, 0.717) is 31.2 Å². The van der Waals surface area contributed by atoms with Gasteiger partial charge in [-0.05, 0) is 12.1 Å². The Morgan fingerprint density at radius 2 is 1.77 bits per heavy atom. The Hall–Kier alpha value is -2.60. The van der Waals surface area contributed by atoms with Gasteiger partial charge in [0.15, 0.2) is 0 Å². The molecule has 6 heteroatoms. The number of nitrogens with zero attached hydrogens (tertiary/aromatic N) is 3. The molecule has 0 spiro atoms. The van der Waals surface area contributed by atoms with Gasteiger partial charge in [-0.3, -0.25) is 4.79 Å². The van der Waals surface area contributed by atoms with E-state index in [4.69, 9.17) is 4.52 Å². The Kier molecular flexibility index (Phi) is 5.02. The van der Waals surface area contributed by atoms with Crippen molar-refractivity contribution in [1.29, 1.82) is 0 Å². The highest BCUT2D eigenvalue weighted by atomic mass is 32.2. The number of carbonyl (C=O) groups is 1. The lowest BCUT2D eigenvalue weighted by molar-refractivity contribution is -0.135. The summed E-state index contributed by atoms with van der Waals surface area (Å²) in [6.07, 6.45) is 0.547. The quantitative estimate of drug-likeness (QED) is 0.621. The Balaban J connectivity index is 1.25. The van der Waals surface area contributed by atoms with Crippen LogP contribution in [0.2, 0.25) is 0 Å². The first-order chi connectivity index (χ1) is 12.8. The monoisotopic (exact) mass is 365 g/mol. The normalized spacial score (nSPS) is 14.2. The summed E-state index contributed by atoms with van der Waals surface area (Å²) in [6.45, 7) is 1.32. The lowest BCUT2D eigenvalue weighted by atomic mass is 10.00. The number of hydrogen-bond acceptors (Lipinski definition) is 5. The SMILES string of the molecule is O=C(CCSc1ccccc1)N1CC(c2nc(-c3ccccc3)no2)C1. The molecule has 0 aliphatic carbocycles. The van der Waals surface area contributed by atoms with E-state index in [0.717, 1.165) is 11.3 Å². The molecule has 0 bridgehead atoms. The summed E-state index contributed by atoms with van der Waals surface area (Å²) in [4.78, 5) is 19.8. The summed E-state index contributed by atoms with van der Waals surface area (Å²) in [6, 6.07) is 19.9. The molecule has 5 nitrogen and oxygen atoms in total. The van der Waals surface area contributed by atoms with Crippen LogP contribution >= 0.6 is 11.8 Å². The fraction of sp³-hybridized carbons (Fsp3) is 0.250. The van der Waals surface area contributed by atoms with Crippen LogP contribution in [-0.4, -0.2) is 39.8 Å². The fourth-order valence-electron chi connectivity index (χ4n) is 2.87. The molecular formula is C20H19N3O2S. The first-order valence-corrected chi connectivity index (χ1v) is 9.63. The highest BCUT2D eigenvalue weighted by Gasteiger charge is 2.35. The zero-order valence-corrected chi connectivity index (χ0v) is 15.1. The molecule has 2 aromatic carbocycles. The zero-order chi connectivity index (χ0) is 17.8. The minimum Gasteiger partial charge on any atom is -0.341 e. The van der Waals surface area contributed by atoms with Crippen LogP contribution in [-0.2, 0) is 4.79 Å². The molecule has 26 heavy (non-hydrogen) atoms. The molecule has 1 aliphatic rings. The third-order valence-electron chi connectivity index (χ3n) is 4.39. The molecule has 0 N–H and O–H groups in total. The molecule has 132 valence electrons. The van der Waals surface area contributed by atoms with Crippen molar-refractivity contribution in [2.75, 3.05) is 18.8 Å². The van der Waals surface area contributed by atoms with Crippen LogP contribution in [0.5, 0.6) is 0 Å². The van der Waals surface area contributed by atoms with Gasteiger partial charge in [0.1, 0.15) is 0 Å². The molecule has 1 aliphatic heterocycles. The Labute approximate surface area is 156 Å². The van der Waals surface area contributed by atoms with E-state index in [2.05, 4.69) is 22.3 Å². The molecule has 1 fully saturated rings. The maximum atomic E-state index is 12.3. The van der Waals surface area contributed by atoms with E-state index in [9.17, 15) is 4.79 Å². The molecule has 1 aromatic heterocycles. The average Bonchev–Trinajstić information content (AvgIpc) is 3.12. The van der Waals surface area contributed by atoms with Crippen molar-refractivity contribution < 1.29 is 9.32 Å². The second kappa shape index (κ2) is 7.74. The predicted molar refractivity (Wildman–Crippen MR) is 101 cm³/mol. The van der Waals surface area contributed by atoms with Crippen LogP contribution in [0.25, 0.3) is 11.4 Å². The summed E-state index contributed by atoms with van der Waals surface area (Å²) in [5.74, 6) is 2.34. The van der Waals surface area contributed by atoms with Crippen molar-refractivity contribution >= 4 is 17.7 Å². The van der Waals surface area contributed by atoms with Crippen molar-refractivity contribution in [3.05, 3.63) is 66.6 Å². The molecule has 1 amide bonds. The molecule has 2 heterocycles. The smallest absolute Gasteiger partial charge is 0.233 e.